The van der Waals surface area contributed by atoms with Crippen LogP contribution < -0.4 is 0 Å². The van der Waals surface area contributed by atoms with Gasteiger partial charge in [-0.15, -0.1) is 11.6 Å². The second-order valence-electron chi connectivity index (χ2n) is 5.63. The number of hydrogen-bond donors (Lipinski definition) is 0. The molecule has 0 saturated carbocycles. The SMILES string of the molecule is Cc1ccc(F)cc1C(=O)N1C2CCC1CC(Cl)C2. The average molecular weight is 282 g/mol. The van der Waals surface area contributed by atoms with Crippen molar-refractivity contribution in [2.75, 3.05) is 0 Å². The molecule has 2 aliphatic rings. The van der Waals surface area contributed by atoms with Gasteiger partial charge in [-0.1, -0.05) is 6.07 Å². The normalized spacial score (nSPS) is 29.6. The molecule has 1 aromatic carbocycles. The topological polar surface area (TPSA) is 20.3 Å². The van der Waals surface area contributed by atoms with Crippen LogP contribution in [0, 0.1) is 12.7 Å². The van der Waals surface area contributed by atoms with Crippen molar-refractivity contribution in [3.8, 4) is 0 Å². The van der Waals surface area contributed by atoms with Crippen molar-refractivity contribution in [2.45, 2.75) is 50.1 Å². The molecule has 2 heterocycles. The smallest absolute Gasteiger partial charge is 0.254 e. The van der Waals surface area contributed by atoms with Crippen LogP contribution in [-0.2, 0) is 0 Å². The van der Waals surface area contributed by atoms with Crippen LogP contribution in [-0.4, -0.2) is 28.3 Å². The van der Waals surface area contributed by atoms with E-state index in [-0.39, 0.29) is 29.2 Å². The molecule has 19 heavy (non-hydrogen) atoms. The van der Waals surface area contributed by atoms with Crippen molar-refractivity contribution in [1.82, 2.24) is 4.90 Å². The van der Waals surface area contributed by atoms with Gasteiger partial charge in [0.25, 0.3) is 5.91 Å². The number of alkyl halides is 1. The Hall–Kier alpha value is -1.09. The van der Waals surface area contributed by atoms with E-state index in [1.807, 2.05) is 11.8 Å². The molecule has 3 rings (SSSR count). The maximum absolute atomic E-state index is 13.4. The summed E-state index contributed by atoms with van der Waals surface area (Å²) < 4.78 is 13.4. The highest BCUT2D eigenvalue weighted by Crippen LogP contribution is 2.38. The molecule has 2 unspecified atom stereocenters. The monoisotopic (exact) mass is 281 g/mol. The maximum Gasteiger partial charge on any atom is 0.254 e. The van der Waals surface area contributed by atoms with Crippen molar-refractivity contribution in [2.24, 2.45) is 0 Å². The number of benzene rings is 1. The Morgan fingerprint density at radius 2 is 1.95 bits per heavy atom. The van der Waals surface area contributed by atoms with E-state index in [0.29, 0.717) is 5.56 Å². The summed E-state index contributed by atoms with van der Waals surface area (Å²) >= 11 is 6.22. The van der Waals surface area contributed by atoms with Crippen molar-refractivity contribution in [3.05, 3.63) is 35.1 Å². The van der Waals surface area contributed by atoms with Crippen molar-refractivity contribution in [1.29, 1.82) is 0 Å². The van der Waals surface area contributed by atoms with Crippen molar-refractivity contribution >= 4 is 17.5 Å². The van der Waals surface area contributed by atoms with Crippen LogP contribution in [0.25, 0.3) is 0 Å². The van der Waals surface area contributed by atoms with Crippen LogP contribution in [0.4, 0.5) is 4.39 Å². The Morgan fingerprint density at radius 3 is 2.58 bits per heavy atom. The van der Waals surface area contributed by atoms with Gasteiger partial charge in [0.15, 0.2) is 0 Å². The van der Waals surface area contributed by atoms with Gasteiger partial charge in [0.05, 0.1) is 0 Å². The van der Waals surface area contributed by atoms with E-state index in [1.54, 1.807) is 6.07 Å². The molecule has 1 amide bonds. The summed E-state index contributed by atoms with van der Waals surface area (Å²) in [4.78, 5) is 14.6. The minimum atomic E-state index is -0.353. The largest absolute Gasteiger partial charge is 0.333 e. The zero-order valence-electron chi connectivity index (χ0n) is 10.9. The van der Waals surface area contributed by atoms with Gasteiger partial charge in [0, 0.05) is 23.0 Å². The predicted molar refractivity (Wildman–Crippen MR) is 73.0 cm³/mol. The van der Waals surface area contributed by atoms with Crippen LogP contribution in [0.2, 0.25) is 0 Å². The molecule has 2 fully saturated rings. The van der Waals surface area contributed by atoms with Gasteiger partial charge in [0.1, 0.15) is 5.82 Å². The van der Waals surface area contributed by atoms with E-state index in [1.165, 1.54) is 12.1 Å². The average Bonchev–Trinajstić information content (AvgIpc) is 2.64. The molecule has 1 aromatic rings. The quantitative estimate of drug-likeness (QED) is 0.722. The minimum absolute atomic E-state index is 0.0342. The highest BCUT2D eigenvalue weighted by molar-refractivity contribution is 6.20. The second-order valence-corrected chi connectivity index (χ2v) is 6.24. The first-order chi connectivity index (χ1) is 9.06. The van der Waals surface area contributed by atoms with E-state index in [2.05, 4.69) is 0 Å². The fourth-order valence-corrected chi connectivity index (χ4v) is 3.82. The maximum atomic E-state index is 13.4. The zero-order chi connectivity index (χ0) is 13.6. The van der Waals surface area contributed by atoms with Crippen molar-refractivity contribution < 1.29 is 9.18 Å². The lowest BCUT2D eigenvalue weighted by Crippen LogP contribution is -2.47. The standard InChI is InChI=1S/C15H17ClFNO/c1-9-2-3-11(17)8-14(9)15(19)18-12-4-5-13(18)7-10(16)6-12/h2-3,8,10,12-13H,4-7H2,1H3. The number of carbonyl (C=O) groups excluding carboxylic acids is 1. The molecule has 0 spiro atoms. The second kappa shape index (κ2) is 4.78. The Balaban J connectivity index is 1.90. The number of rotatable bonds is 1. The fraction of sp³-hybridized carbons (Fsp3) is 0.533. The molecule has 102 valence electrons. The van der Waals surface area contributed by atoms with E-state index in [4.69, 9.17) is 11.6 Å². The third kappa shape index (κ3) is 2.25. The third-order valence-electron chi connectivity index (χ3n) is 4.34. The number of nitrogens with zero attached hydrogens (tertiary/aromatic N) is 1. The molecule has 4 heteroatoms. The van der Waals surface area contributed by atoms with Crippen LogP contribution in [0.3, 0.4) is 0 Å². The van der Waals surface area contributed by atoms with Crippen LogP contribution in [0.5, 0.6) is 0 Å². The first-order valence-electron chi connectivity index (χ1n) is 6.79. The number of amides is 1. The summed E-state index contributed by atoms with van der Waals surface area (Å²) in [6.45, 7) is 1.85. The lowest BCUT2D eigenvalue weighted by Gasteiger charge is -2.37. The van der Waals surface area contributed by atoms with Crippen molar-refractivity contribution in [3.63, 3.8) is 0 Å². The highest BCUT2D eigenvalue weighted by Gasteiger charge is 2.43. The van der Waals surface area contributed by atoms with E-state index in [9.17, 15) is 9.18 Å². The molecule has 0 N–H and O–H groups in total. The molecule has 0 radical (unpaired) electrons. The molecule has 2 aliphatic heterocycles. The summed E-state index contributed by atoms with van der Waals surface area (Å²) in [6, 6.07) is 4.88. The molecule has 0 aromatic heterocycles. The molecular weight excluding hydrogens is 265 g/mol. The summed E-state index contributed by atoms with van der Waals surface area (Å²) in [5.41, 5.74) is 1.32. The Labute approximate surface area is 117 Å². The number of hydrogen-bond acceptors (Lipinski definition) is 1. The lowest BCUT2D eigenvalue weighted by molar-refractivity contribution is 0.0598. The first-order valence-corrected chi connectivity index (χ1v) is 7.23. The molecular formula is C15H17ClFNO. The molecule has 2 saturated heterocycles. The minimum Gasteiger partial charge on any atom is -0.333 e. The van der Waals surface area contributed by atoms with Gasteiger partial charge >= 0.3 is 0 Å². The molecule has 2 bridgehead atoms. The van der Waals surface area contributed by atoms with Gasteiger partial charge in [-0.2, -0.15) is 0 Å². The first kappa shape index (κ1) is 12.9. The van der Waals surface area contributed by atoms with Gasteiger partial charge in [-0.3, -0.25) is 4.79 Å². The molecule has 2 atom stereocenters. The Kier molecular flexibility index (Phi) is 3.25. The Morgan fingerprint density at radius 1 is 1.32 bits per heavy atom. The lowest BCUT2D eigenvalue weighted by atomic mass is 9.99. The number of piperidine rings is 1. The summed E-state index contributed by atoms with van der Waals surface area (Å²) in [5.74, 6) is -0.387. The van der Waals surface area contributed by atoms with Gasteiger partial charge < -0.3 is 4.90 Å². The summed E-state index contributed by atoms with van der Waals surface area (Å²) in [7, 11) is 0. The predicted octanol–water partition coefficient (Wildman–Crippen LogP) is 3.51. The number of aryl methyl sites for hydroxylation is 1. The number of halogens is 2. The van der Waals surface area contributed by atoms with Gasteiger partial charge in [-0.25, -0.2) is 4.39 Å². The number of fused-ring (bicyclic) bond motifs is 2. The van der Waals surface area contributed by atoms with Crippen LogP contribution in [0.15, 0.2) is 18.2 Å². The van der Waals surface area contributed by atoms with Crippen LogP contribution in [0.1, 0.15) is 41.6 Å². The van der Waals surface area contributed by atoms with Gasteiger partial charge in [-0.05, 0) is 50.3 Å². The third-order valence-corrected chi connectivity index (χ3v) is 4.70. The molecule has 0 aliphatic carbocycles. The number of carbonyl (C=O) groups is 1. The summed E-state index contributed by atoms with van der Waals surface area (Å²) in [5, 5.41) is 0.176. The van der Waals surface area contributed by atoms with E-state index >= 15 is 0 Å². The fourth-order valence-electron chi connectivity index (χ4n) is 3.41. The summed E-state index contributed by atoms with van der Waals surface area (Å²) in [6.07, 6.45) is 3.76. The zero-order valence-corrected chi connectivity index (χ0v) is 11.7. The highest BCUT2D eigenvalue weighted by atomic mass is 35.5. The van der Waals surface area contributed by atoms with Crippen LogP contribution >= 0.6 is 11.6 Å². The van der Waals surface area contributed by atoms with E-state index in [0.717, 1.165) is 31.2 Å². The van der Waals surface area contributed by atoms with E-state index < -0.39 is 0 Å². The Bertz CT molecular complexity index is 505. The van der Waals surface area contributed by atoms with Gasteiger partial charge in [0.2, 0.25) is 0 Å². The molecule has 2 nitrogen and oxygen atoms in total.